The zero-order valence-electron chi connectivity index (χ0n) is 5.95. The molecule has 1 aromatic heterocycles. The van der Waals surface area contributed by atoms with E-state index in [0.717, 1.165) is 0 Å². The molecule has 1 rings (SSSR count). The van der Waals surface area contributed by atoms with E-state index >= 15 is 0 Å². The first kappa shape index (κ1) is 8.51. The summed E-state index contributed by atoms with van der Waals surface area (Å²) in [5.74, 6) is -0.372. The van der Waals surface area contributed by atoms with Crippen molar-refractivity contribution in [2.24, 2.45) is 0 Å². The molecule has 0 atom stereocenters. The van der Waals surface area contributed by atoms with Gasteiger partial charge in [-0.3, -0.25) is 2.78 Å². The molecule has 1 heterocycles. The van der Waals surface area contributed by atoms with Gasteiger partial charge in [0.25, 0.3) is 0 Å². The number of hydrogen-bond donors (Lipinski definition) is 0. The van der Waals surface area contributed by atoms with Gasteiger partial charge in [-0.05, 0) is 6.92 Å². The predicted molar refractivity (Wildman–Crippen MR) is 47.6 cm³/mol. The molecule has 0 saturated heterocycles. The molecular weight excluding hydrogens is 259 g/mol. The van der Waals surface area contributed by atoms with Crippen LogP contribution in [0.5, 0.6) is 0 Å². The van der Waals surface area contributed by atoms with Crippen molar-refractivity contribution in [1.29, 1.82) is 0 Å². The lowest BCUT2D eigenvalue weighted by atomic mass is 10.5. The summed E-state index contributed by atoms with van der Waals surface area (Å²) in [5, 5.41) is 0. The summed E-state index contributed by atoms with van der Waals surface area (Å²) in [7, 11) is 0. The second kappa shape index (κ2) is 3.70. The molecule has 0 aliphatic rings. The molecule has 0 spiro atoms. The van der Waals surface area contributed by atoms with E-state index in [-0.39, 0.29) is 5.97 Å². The molecule has 0 radical (unpaired) electrons. The van der Waals surface area contributed by atoms with Gasteiger partial charge in [0.15, 0.2) is 5.69 Å². The number of carbonyl (C=O) groups is 1. The number of rotatable bonds is 2. The summed E-state index contributed by atoms with van der Waals surface area (Å²) in [5.41, 5.74) is 0.348. The Morgan fingerprint density at radius 3 is 3.09 bits per heavy atom. The Kier molecular flexibility index (Phi) is 2.86. The minimum atomic E-state index is -0.372. The van der Waals surface area contributed by atoms with Crippen molar-refractivity contribution in [2.45, 2.75) is 6.92 Å². The second-order valence-corrected chi connectivity index (χ2v) is 2.94. The first-order valence-electron chi connectivity index (χ1n) is 3.11. The normalized spacial score (nSPS) is 9.64. The summed E-state index contributed by atoms with van der Waals surface area (Å²) < 4.78 is 6.39. The van der Waals surface area contributed by atoms with Crippen molar-refractivity contribution in [2.75, 3.05) is 6.61 Å². The van der Waals surface area contributed by atoms with Crippen LogP contribution in [0.25, 0.3) is 0 Å². The largest absolute Gasteiger partial charge is 0.461 e. The lowest BCUT2D eigenvalue weighted by Gasteiger charge is -1.95. The van der Waals surface area contributed by atoms with Gasteiger partial charge in [-0.15, -0.1) is 0 Å². The summed E-state index contributed by atoms with van der Waals surface area (Å²) >= 11 is 2.01. The first-order valence-corrected chi connectivity index (χ1v) is 4.07. The highest BCUT2D eigenvalue weighted by atomic mass is 127. The smallest absolute Gasteiger partial charge is 0.358 e. The Morgan fingerprint density at radius 2 is 2.64 bits per heavy atom. The summed E-state index contributed by atoms with van der Waals surface area (Å²) in [6.45, 7) is 2.14. The SMILES string of the molecule is CCOC(=O)c1cn(I)cn1. The van der Waals surface area contributed by atoms with Gasteiger partial charge in [0.05, 0.1) is 29.5 Å². The fraction of sp³-hybridized carbons (Fsp3) is 0.333. The number of esters is 1. The van der Waals surface area contributed by atoms with Gasteiger partial charge in [-0.25, -0.2) is 9.78 Å². The van der Waals surface area contributed by atoms with Crippen LogP contribution in [0, 0.1) is 0 Å². The minimum absolute atomic E-state index is 0.348. The molecular formula is C6H7IN2O2. The van der Waals surface area contributed by atoms with Gasteiger partial charge < -0.3 is 4.74 Å². The number of halogens is 1. The van der Waals surface area contributed by atoms with E-state index in [2.05, 4.69) is 4.98 Å². The van der Waals surface area contributed by atoms with Crippen LogP contribution in [0.15, 0.2) is 12.5 Å². The molecule has 60 valence electrons. The van der Waals surface area contributed by atoms with E-state index in [0.29, 0.717) is 12.3 Å². The van der Waals surface area contributed by atoms with Crippen molar-refractivity contribution in [1.82, 2.24) is 7.76 Å². The number of carbonyl (C=O) groups excluding carboxylic acids is 1. The van der Waals surface area contributed by atoms with Crippen LogP contribution in [0.3, 0.4) is 0 Å². The first-order chi connectivity index (χ1) is 5.24. The highest BCUT2D eigenvalue weighted by Gasteiger charge is 2.08. The zero-order chi connectivity index (χ0) is 8.27. The number of aromatic nitrogens is 2. The van der Waals surface area contributed by atoms with Crippen LogP contribution in [0.4, 0.5) is 0 Å². The van der Waals surface area contributed by atoms with Crippen LogP contribution in [0.2, 0.25) is 0 Å². The maximum absolute atomic E-state index is 11.0. The quantitative estimate of drug-likeness (QED) is 0.598. The monoisotopic (exact) mass is 266 g/mol. The molecule has 1 aromatic rings. The Morgan fingerprint density at radius 1 is 1.91 bits per heavy atom. The predicted octanol–water partition coefficient (Wildman–Crippen LogP) is 1.26. The maximum Gasteiger partial charge on any atom is 0.358 e. The number of imidazole rings is 1. The van der Waals surface area contributed by atoms with Crippen LogP contribution < -0.4 is 0 Å². The van der Waals surface area contributed by atoms with Gasteiger partial charge in [0, 0.05) is 6.20 Å². The molecule has 0 unspecified atom stereocenters. The number of hydrogen-bond acceptors (Lipinski definition) is 3. The van der Waals surface area contributed by atoms with Gasteiger partial charge in [-0.2, -0.15) is 0 Å². The lowest BCUT2D eigenvalue weighted by molar-refractivity contribution is 0.0520. The Bertz CT molecular complexity index is 259. The molecule has 0 aromatic carbocycles. The third-order valence-electron chi connectivity index (χ3n) is 1.04. The summed E-state index contributed by atoms with van der Waals surface area (Å²) in [4.78, 5) is 14.8. The molecule has 0 aliphatic carbocycles. The molecule has 0 bridgehead atoms. The Balaban J connectivity index is 2.69. The van der Waals surface area contributed by atoms with Gasteiger partial charge in [0.1, 0.15) is 6.33 Å². The molecule has 0 amide bonds. The van der Waals surface area contributed by atoms with E-state index in [1.54, 1.807) is 22.2 Å². The maximum atomic E-state index is 11.0. The fourth-order valence-electron chi connectivity index (χ4n) is 0.611. The number of ether oxygens (including phenoxy) is 1. The molecule has 0 N–H and O–H groups in total. The molecule has 0 saturated carbocycles. The van der Waals surface area contributed by atoms with Gasteiger partial charge in [0.2, 0.25) is 0 Å². The van der Waals surface area contributed by atoms with E-state index in [1.807, 2.05) is 22.9 Å². The Labute approximate surface area is 78.1 Å². The van der Waals surface area contributed by atoms with E-state index in [1.165, 1.54) is 0 Å². The lowest BCUT2D eigenvalue weighted by Crippen LogP contribution is -2.04. The van der Waals surface area contributed by atoms with E-state index < -0.39 is 0 Å². The summed E-state index contributed by atoms with van der Waals surface area (Å²) in [6.07, 6.45) is 3.16. The average molecular weight is 266 g/mol. The third-order valence-corrected chi connectivity index (χ3v) is 1.56. The van der Waals surface area contributed by atoms with Crippen LogP contribution >= 0.6 is 22.9 Å². The molecule has 5 heteroatoms. The standard InChI is InChI=1S/C6H7IN2O2/c1-2-11-6(10)5-3-9(7)4-8-5/h3-4H,2H2,1H3. The van der Waals surface area contributed by atoms with Crippen LogP contribution in [-0.4, -0.2) is 20.3 Å². The topological polar surface area (TPSA) is 44.1 Å². The minimum Gasteiger partial charge on any atom is -0.461 e. The zero-order valence-corrected chi connectivity index (χ0v) is 8.11. The highest BCUT2D eigenvalue weighted by Crippen LogP contribution is 2.01. The van der Waals surface area contributed by atoms with Gasteiger partial charge >= 0.3 is 5.97 Å². The van der Waals surface area contributed by atoms with Crippen molar-refractivity contribution in [3.05, 3.63) is 18.2 Å². The van der Waals surface area contributed by atoms with Crippen molar-refractivity contribution < 1.29 is 9.53 Å². The van der Waals surface area contributed by atoms with Crippen molar-refractivity contribution >= 4 is 28.8 Å². The average Bonchev–Trinajstić information content (AvgIpc) is 2.36. The van der Waals surface area contributed by atoms with Crippen molar-refractivity contribution in [3.8, 4) is 0 Å². The van der Waals surface area contributed by atoms with Crippen LogP contribution in [-0.2, 0) is 4.74 Å². The van der Waals surface area contributed by atoms with E-state index in [9.17, 15) is 4.79 Å². The third kappa shape index (κ3) is 2.18. The number of nitrogens with zero attached hydrogens (tertiary/aromatic N) is 2. The molecule has 0 fully saturated rings. The molecule has 4 nitrogen and oxygen atoms in total. The molecule has 0 aliphatic heterocycles. The fourth-order valence-corrected chi connectivity index (χ4v) is 1.000. The Hall–Kier alpha value is -0.590. The van der Waals surface area contributed by atoms with Crippen molar-refractivity contribution in [3.63, 3.8) is 0 Å². The highest BCUT2D eigenvalue weighted by molar-refractivity contribution is 14.1. The molecule has 11 heavy (non-hydrogen) atoms. The van der Waals surface area contributed by atoms with Gasteiger partial charge in [-0.1, -0.05) is 0 Å². The van der Waals surface area contributed by atoms with E-state index in [4.69, 9.17) is 4.74 Å². The summed E-state index contributed by atoms with van der Waals surface area (Å²) in [6, 6.07) is 0. The van der Waals surface area contributed by atoms with Crippen LogP contribution in [0.1, 0.15) is 17.4 Å². The second-order valence-electron chi connectivity index (χ2n) is 1.82.